The third-order valence-electron chi connectivity index (χ3n) is 4.40. The first-order valence-corrected chi connectivity index (χ1v) is 12.3. The molecule has 0 unspecified atom stereocenters. The maximum absolute atomic E-state index is 12.5. The molecule has 0 atom stereocenters. The number of rotatable bonds is 5. The van der Waals surface area contributed by atoms with E-state index in [2.05, 4.69) is 41.8 Å². The number of ether oxygens (including phenoxy) is 2. The van der Waals surface area contributed by atoms with Crippen molar-refractivity contribution in [1.82, 2.24) is 9.97 Å². The van der Waals surface area contributed by atoms with Gasteiger partial charge >= 0.3 is 11.9 Å². The summed E-state index contributed by atoms with van der Waals surface area (Å²) in [7, 11) is 2.60. The highest BCUT2D eigenvalue weighted by molar-refractivity contribution is 9.10. The Hall–Kier alpha value is -2.40. The molecule has 0 amide bonds. The molecule has 0 spiro atoms. The van der Waals surface area contributed by atoms with Crippen molar-refractivity contribution in [2.75, 3.05) is 14.2 Å². The number of esters is 2. The van der Waals surface area contributed by atoms with Crippen LogP contribution in [0.25, 0.3) is 30.9 Å². The maximum atomic E-state index is 12.5. The second-order valence-corrected chi connectivity index (χ2v) is 10.2. The number of thiazole rings is 2. The molecule has 162 valence electrons. The molecule has 0 aliphatic heterocycles. The lowest BCUT2D eigenvalue weighted by atomic mass is 10.2. The number of nitrogens with zero attached hydrogens (tertiary/aromatic N) is 2. The van der Waals surface area contributed by atoms with Gasteiger partial charge in [0.1, 0.15) is 10.0 Å². The number of carbonyl (C=O) groups excluding carboxylic acids is 2. The average molecular weight is 594 g/mol. The number of methoxy groups -OCH3 is 2. The minimum atomic E-state index is -0.589. The van der Waals surface area contributed by atoms with E-state index in [1.807, 2.05) is 48.5 Å². The molecule has 32 heavy (non-hydrogen) atoms. The van der Waals surface area contributed by atoms with Crippen LogP contribution in [0, 0.1) is 0 Å². The molecule has 0 N–H and O–H groups in total. The molecule has 4 aromatic rings. The highest BCUT2D eigenvalue weighted by atomic mass is 79.9. The topological polar surface area (TPSA) is 78.4 Å². The fourth-order valence-electron chi connectivity index (χ4n) is 2.85. The van der Waals surface area contributed by atoms with Crippen LogP contribution in [-0.4, -0.2) is 36.1 Å². The van der Waals surface area contributed by atoms with Crippen LogP contribution in [0.3, 0.4) is 0 Å². The molecular formula is C22H14Br2N2O4S2. The van der Waals surface area contributed by atoms with E-state index in [0.717, 1.165) is 20.1 Å². The zero-order chi connectivity index (χ0) is 22.8. The first-order valence-electron chi connectivity index (χ1n) is 9.11. The lowest BCUT2D eigenvalue weighted by Gasteiger charge is -2.00. The van der Waals surface area contributed by atoms with E-state index >= 15 is 0 Å². The second kappa shape index (κ2) is 9.62. The number of hydrogen-bond acceptors (Lipinski definition) is 8. The third kappa shape index (κ3) is 4.54. The Bertz CT molecular complexity index is 1200. The van der Waals surface area contributed by atoms with Gasteiger partial charge < -0.3 is 9.47 Å². The third-order valence-corrected chi connectivity index (χ3v) is 7.83. The molecule has 0 bridgehead atoms. The van der Waals surface area contributed by atoms with Crippen molar-refractivity contribution in [3.63, 3.8) is 0 Å². The van der Waals surface area contributed by atoms with Crippen molar-refractivity contribution in [2.45, 2.75) is 0 Å². The lowest BCUT2D eigenvalue weighted by Crippen LogP contribution is -2.06. The molecule has 4 rings (SSSR count). The molecule has 0 aliphatic carbocycles. The predicted molar refractivity (Wildman–Crippen MR) is 132 cm³/mol. The largest absolute Gasteiger partial charge is 0.464 e. The number of hydrogen-bond donors (Lipinski definition) is 0. The fraction of sp³-hybridized carbons (Fsp3) is 0.0909. The average Bonchev–Trinajstić information content (AvgIpc) is 3.44. The number of aromatic nitrogens is 2. The molecule has 2 aromatic heterocycles. The summed E-state index contributed by atoms with van der Waals surface area (Å²) in [6, 6.07) is 15.2. The van der Waals surface area contributed by atoms with Crippen LogP contribution in [0.2, 0.25) is 0 Å². The predicted octanol–water partition coefficient (Wildman–Crippen LogP) is 6.70. The monoisotopic (exact) mass is 592 g/mol. The van der Waals surface area contributed by atoms with Crippen LogP contribution in [0.15, 0.2) is 57.5 Å². The second-order valence-electron chi connectivity index (χ2n) is 6.39. The highest BCUT2D eigenvalue weighted by Gasteiger charge is 2.28. The van der Waals surface area contributed by atoms with E-state index < -0.39 is 11.9 Å². The quantitative estimate of drug-likeness (QED) is 0.240. The van der Waals surface area contributed by atoms with Gasteiger partial charge in [0.2, 0.25) is 0 Å². The van der Waals surface area contributed by atoms with Gasteiger partial charge in [-0.1, -0.05) is 56.1 Å². The smallest absolute Gasteiger partial charge is 0.358 e. The molecule has 0 fully saturated rings. The fourth-order valence-corrected chi connectivity index (χ4v) is 5.63. The van der Waals surface area contributed by atoms with Crippen LogP contribution in [0.4, 0.5) is 0 Å². The maximum Gasteiger partial charge on any atom is 0.358 e. The molecule has 0 saturated heterocycles. The van der Waals surface area contributed by atoms with Gasteiger partial charge in [-0.25, -0.2) is 19.6 Å². The molecule has 2 heterocycles. The summed E-state index contributed by atoms with van der Waals surface area (Å²) >= 11 is 9.43. The van der Waals surface area contributed by atoms with Crippen molar-refractivity contribution < 1.29 is 19.1 Å². The van der Waals surface area contributed by atoms with Crippen molar-refractivity contribution >= 4 is 66.5 Å². The van der Waals surface area contributed by atoms with Gasteiger partial charge in [0.05, 0.1) is 24.0 Å². The van der Waals surface area contributed by atoms with Crippen molar-refractivity contribution in [1.29, 1.82) is 0 Å². The van der Waals surface area contributed by atoms with Crippen LogP contribution in [-0.2, 0) is 9.47 Å². The van der Waals surface area contributed by atoms with Crippen molar-refractivity contribution in [3.8, 4) is 30.9 Å². The van der Waals surface area contributed by atoms with Crippen LogP contribution < -0.4 is 0 Å². The summed E-state index contributed by atoms with van der Waals surface area (Å²) in [4.78, 5) is 35.2. The first kappa shape index (κ1) is 22.8. The Morgan fingerprint density at radius 3 is 1.34 bits per heavy atom. The Labute approximate surface area is 208 Å². The molecule has 2 aromatic carbocycles. The van der Waals surface area contributed by atoms with Gasteiger partial charge in [-0.15, -0.1) is 22.7 Å². The van der Waals surface area contributed by atoms with Crippen molar-refractivity contribution in [3.05, 3.63) is 68.9 Å². The normalized spacial score (nSPS) is 10.8. The summed E-state index contributed by atoms with van der Waals surface area (Å²) in [6.45, 7) is 0. The molecule has 0 aliphatic rings. The van der Waals surface area contributed by atoms with E-state index in [4.69, 9.17) is 9.47 Å². The summed E-state index contributed by atoms with van der Waals surface area (Å²) in [5.74, 6) is -1.18. The first-order chi connectivity index (χ1) is 15.4. The van der Waals surface area contributed by atoms with Gasteiger partial charge in [0.15, 0.2) is 11.4 Å². The summed E-state index contributed by atoms with van der Waals surface area (Å²) in [5, 5.41) is 1.25. The van der Waals surface area contributed by atoms with Gasteiger partial charge in [0.25, 0.3) is 0 Å². The Balaban J connectivity index is 1.90. The Morgan fingerprint density at radius 2 is 1.03 bits per heavy atom. The SMILES string of the molecule is COC(=O)c1nc(-c2ccc(Br)cc2)sc1-c1sc(-c2ccc(Br)cc2)nc1C(=O)OC. The molecular weight excluding hydrogens is 580 g/mol. The van der Waals surface area contributed by atoms with E-state index in [0.29, 0.717) is 19.8 Å². The zero-order valence-electron chi connectivity index (χ0n) is 16.7. The number of carbonyl (C=O) groups is 2. The van der Waals surface area contributed by atoms with Crippen LogP contribution in [0.5, 0.6) is 0 Å². The molecule has 0 radical (unpaired) electrons. The van der Waals surface area contributed by atoms with E-state index in [1.165, 1.54) is 36.9 Å². The zero-order valence-corrected chi connectivity index (χ0v) is 21.5. The standard InChI is InChI=1S/C22H14Br2N2O4S2/c1-29-21(27)15-17(31-19(25-15)11-3-7-13(23)8-4-11)18-16(22(28)30-2)26-20(32-18)12-5-9-14(24)10-6-12/h3-10H,1-2H3. The summed E-state index contributed by atoms with van der Waals surface area (Å²) < 4.78 is 11.8. The lowest BCUT2D eigenvalue weighted by molar-refractivity contribution is 0.0584. The van der Waals surface area contributed by atoms with Gasteiger partial charge in [-0.05, 0) is 24.3 Å². The van der Waals surface area contributed by atoms with E-state index in [-0.39, 0.29) is 11.4 Å². The van der Waals surface area contributed by atoms with Crippen LogP contribution >= 0.6 is 54.5 Å². The minimum absolute atomic E-state index is 0.131. The molecule has 10 heteroatoms. The van der Waals surface area contributed by atoms with E-state index in [1.54, 1.807) is 0 Å². The van der Waals surface area contributed by atoms with E-state index in [9.17, 15) is 9.59 Å². The highest BCUT2D eigenvalue weighted by Crippen LogP contribution is 2.43. The molecule has 6 nitrogen and oxygen atoms in total. The Kier molecular flexibility index (Phi) is 6.85. The Morgan fingerprint density at radius 1 is 0.688 bits per heavy atom. The number of halogens is 2. The van der Waals surface area contributed by atoms with Crippen molar-refractivity contribution in [2.24, 2.45) is 0 Å². The number of benzene rings is 2. The van der Waals surface area contributed by atoms with Crippen LogP contribution in [0.1, 0.15) is 21.0 Å². The molecule has 0 saturated carbocycles. The van der Waals surface area contributed by atoms with Gasteiger partial charge in [-0.3, -0.25) is 0 Å². The van der Waals surface area contributed by atoms with Gasteiger partial charge in [0, 0.05) is 20.1 Å². The van der Waals surface area contributed by atoms with Gasteiger partial charge in [-0.2, -0.15) is 0 Å². The summed E-state index contributed by atoms with van der Waals surface area (Å²) in [5.41, 5.74) is 1.94. The minimum Gasteiger partial charge on any atom is -0.464 e. The summed E-state index contributed by atoms with van der Waals surface area (Å²) in [6.07, 6.45) is 0.